The van der Waals surface area contributed by atoms with Crippen LogP contribution in [0, 0.1) is 0 Å². The first kappa shape index (κ1) is 13.7. The molecule has 88 valence electrons. The monoisotopic (exact) mass is 266 g/mol. The molecule has 4 heteroatoms. The first-order chi connectivity index (χ1) is 8.10. The van der Waals surface area contributed by atoms with Gasteiger partial charge in [0.2, 0.25) is 5.12 Å². The number of hydrogen-bond donors (Lipinski definition) is 0. The van der Waals surface area contributed by atoms with Crippen LogP contribution < -0.4 is 0 Å². The van der Waals surface area contributed by atoms with Gasteiger partial charge in [0.25, 0.3) is 0 Å². The van der Waals surface area contributed by atoms with E-state index in [9.17, 15) is 9.59 Å². The van der Waals surface area contributed by atoms with Crippen molar-refractivity contribution < 1.29 is 9.59 Å². The highest BCUT2D eigenvalue weighted by atomic mass is 35.5. The normalized spacial score (nSPS) is 11.1. The van der Waals surface area contributed by atoms with Crippen molar-refractivity contribution in [3.05, 3.63) is 59.2 Å². The molecule has 0 aliphatic heterocycles. The van der Waals surface area contributed by atoms with Gasteiger partial charge in [0.15, 0.2) is 5.78 Å². The second kappa shape index (κ2) is 6.42. The summed E-state index contributed by atoms with van der Waals surface area (Å²) < 4.78 is 0. The predicted molar refractivity (Wildman–Crippen MR) is 72.6 cm³/mol. The number of hydrogen-bond acceptors (Lipinski definition) is 3. The van der Waals surface area contributed by atoms with Crippen LogP contribution in [-0.4, -0.2) is 17.2 Å². The van der Waals surface area contributed by atoms with Gasteiger partial charge in [-0.2, -0.15) is 0 Å². The Balaban J connectivity index is 3.09. The van der Waals surface area contributed by atoms with E-state index in [4.69, 9.17) is 11.6 Å². The lowest BCUT2D eigenvalue weighted by Gasteiger charge is -2.03. The number of carbonyl (C=O) groups excluding carboxylic acids is 2. The van der Waals surface area contributed by atoms with Gasteiger partial charge in [0.1, 0.15) is 0 Å². The van der Waals surface area contributed by atoms with Gasteiger partial charge in [-0.3, -0.25) is 9.59 Å². The third-order valence-electron chi connectivity index (χ3n) is 2.04. The van der Waals surface area contributed by atoms with Crippen LogP contribution in [0.15, 0.2) is 48.6 Å². The minimum Gasteiger partial charge on any atom is -0.288 e. The molecule has 0 saturated carbocycles. The molecule has 0 bridgehead atoms. The summed E-state index contributed by atoms with van der Waals surface area (Å²) in [6.45, 7) is 3.50. The maximum atomic E-state index is 12.1. The topological polar surface area (TPSA) is 34.1 Å². The maximum absolute atomic E-state index is 12.1. The van der Waals surface area contributed by atoms with Crippen molar-refractivity contribution in [2.45, 2.75) is 0 Å². The SMILES string of the molecule is C=C/C=C(\C(=O)SC)C(=O)c1ccc(Cl)cc1. The third-order valence-corrected chi connectivity index (χ3v) is 2.88. The first-order valence-corrected chi connectivity index (χ1v) is 6.41. The highest BCUT2D eigenvalue weighted by Gasteiger charge is 2.18. The van der Waals surface area contributed by atoms with E-state index < -0.39 is 0 Å². The number of Topliss-reactive ketones (excluding diaryl/α,β-unsaturated/α-hetero) is 1. The molecule has 0 heterocycles. The van der Waals surface area contributed by atoms with Crippen LogP contribution in [0.4, 0.5) is 0 Å². The standard InChI is InChI=1S/C13H11ClO2S/c1-3-4-11(13(16)17-2)12(15)9-5-7-10(14)8-6-9/h3-8H,1H2,2H3/b11-4-. The smallest absolute Gasteiger partial charge is 0.223 e. The minimum absolute atomic E-state index is 0.120. The molecule has 0 aliphatic rings. The molecule has 0 aromatic heterocycles. The van der Waals surface area contributed by atoms with Crippen molar-refractivity contribution in [3.63, 3.8) is 0 Å². The summed E-state index contributed by atoms with van der Waals surface area (Å²) in [7, 11) is 0. The average Bonchev–Trinajstić information content (AvgIpc) is 2.35. The molecule has 0 N–H and O–H groups in total. The van der Waals surface area contributed by atoms with Crippen molar-refractivity contribution >= 4 is 34.3 Å². The molecule has 0 aliphatic carbocycles. The number of carbonyl (C=O) groups is 2. The summed E-state index contributed by atoms with van der Waals surface area (Å²) in [5.74, 6) is -0.319. The highest BCUT2D eigenvalue weighted by Crippen LogP contribution is 2.16. The zero-order valence-corrected chi connectivity index (χ0v) is 10.8. The van der Waals surface area contributed by atoms with Gasteiger partial charge in [-0.15, -0.1) is 0 Å². The second-order valence-corrected chi connectivity index (χ2v) is 4.36. The van der Waals surface area contributed by atoms with Crippen LogP contribution in [0.2, 0.25) is 5.02 Å². The summed E-state index contributed by atoms with van der Waals surface area (Å²) in [5, 5.41) is 0.275. The van der Waals surface area contributed by atoms with Gasteiger partial charge < -0.3 is 0 Å². The van der Waals surface area contributed by atoms with Crippen LogP contribution in [0.5, 0.6) is 0 Å². The van der Waals surface area contributed by atoms with Gasteiger partial charge in [-0.25, -0.2) is 0 Å². The molecule has 0 unspecified atom stereocenters. The van der Waals surface area contributed by atoms with Crippen LogP contribution >= 0.6 is 23.4 Å². The largest absolute Gasteiger partial charge is 0.288 e. The molecule has 1 aromatic rings. The van der Waals surface area contributed by atoms with E-state index in [1.165, 1.54) is 12.2 Å². The van der Waals surface area contributed by atoms with Gasteiger partial charge in [-0.1, -0.05) is 36.0 Å². The predicted octanol–water partition coefficient (Wildman–Crippen LogP) is 3.52. The fourth-order valence-corrected chi connectivity index (χ4v) is 1.73. The van der Waals surface area contributed by atoms with Crippen LogP contribution in [-0.2, 0) is 4.79 Å². The zero-order chi connectivity index (χ0) is 12.8. The molecule has 0 amide bonds. The molecule has 0 spiro atoms. The Kier molecular flexibility index (Phi) is 5.19. The Morgan fingerprint density at radius 1 is 1.29 bits per heavy atom. The maximum Gasteiger partial charge on any atom is 0.223 e. The molecule has 1 aromatic carbocycles. The Bertz CT molecular complexity index is 475. The molecular formula is C13H11ClO2S. The van der Waals surface area contributed by atoms with E-state index in [2.05, 4.69) is 6.58 Å². The number of thioether (sulfide) groups is 1. The first-order valence-electron chi connectivity index (χ1n) is 4.81. The van der Waals surface area contributed by atoms with E-state index >= 15 is 0 Å². The Morgan fingerprint density at radius 2 is 1.88 bits per heavy atom. The van der Waals surface area contributed by atoms with Crippen LogP contribution in [0.3, 0.4) is 0 Å². The van der Waals surface area contributed by atoms with Crippen molar-refractivity contribution in [1.82, 2.24) is 0 Å². The van der Waals surface area contributed by atoms with Crippen LogP contribution in [0.25, 0.3) is 0 Å². The highest BCUT2D eigenvalue weighted by molar-refractivity contribution is 8.13. The molecular weight excluding hydrogens is 256 g/mol. The van der Waals surface area contributed by atoms with Crippen molar-refractivity contribution in [3.8, 4) is 0 Å². The molecule has 0 atom stereocenters. The van der Waals surface area contributed by atoms with E-state index in [0.717, 1.165) is 11.8 Å². The average molecular weight is 267 g/mol. The number of ketones is 1. The van der Waals surface area contributed by atoms with Gasteiger partial charge in [-0.05, 0) is 36.6 Å². The van der Waals surface area contributed by atoms with E-state index in [-0.39, 0.29) is 16.5 Å². The Labute approximate surface area is 109 Å². The van der Waals surface area contributed by atoms with Crippen LogP contribution in [0.1, 0.15) is 10.4 Å². The van der Waals surface area contributed by atoms with Gasteiger partial charge in [0.05, 0.1) is 5.57 Å². The van der Waals surface area contributed by atoms with Gasteiger partial charge >= 0.3 is 0 Å². The lowest BCUT2D eigenvalue weighted by molar-refractivity contribution is -0.107. The van der Waals surface area contributed by atoms with Crippen molar-refractivity contribution in [2.75, 3.05) is 6.26 Å². The molecule has 0 radical (unpaired) electrons. The van der Waals surface area contributed by atoms with E-state index in [0.29, 0.717) is 10.6 Å². The summed E-state index contributed by atoms with van der Waals surface area (Å²) in [6.07, 6.45) is 4.49. The third kappa shape index (κ3) is 3.58. The molecule has 17 heavy (non-hydrogen) atoms. The van der Waals surface area contributed by atoms with E-state index in [1.807, 2.05) is 0 Å². The molecule has 0 saturated heterocycles. The lowest BCUT2D eigenvalue weighted by atomic mass is 10.0. The number of allylic oxidation sites excluding steroid dienone is 2. The van der Waals surface area contributed by atoms with E-state index in [1.54, 1.807) is 30.5 Å². The minimum atomic E-state index is -0.319. The summed E-state index contributed by atoms with van der Waals surface area (Å²) >= 11 is 6.73. The van der Waals surface area contributed by atoms with Gasteiger partial charge in [0, 0.05) is 10.6 Å². The number of halogens is 1. The lowest BCUT2D eigenvalue weighted by Crippen LogP contribution is -2.10. The number of rotatable bonds is 4. The fourth-order valence-electron chi connectivity index (χ4n) is 1.22. The quantitative estimate of drug-likeness (QED) is 0.275. The number of benzene rings is 1. The molecule has 2 nitrogen and oxygen atoms in total. The summed E-state index contributed by atoms with van der Waals surface area (Å²) in [6, 6.07) is 6.41. The summed E-state index contributed by atoms with van der Waals surface area (Å²) in [5.41, 5.74) is 0.555. The summed E-state index contributed by atoms with van der Waals surface area (Å²) in [4.78, 5) is 23.6. The molecule has 0 fully saturated rings. The Morgan fingerprint density at radius 3 is 2.35 bits per heavy atom. The molecule has 1 rings (SSSR count). The fraction of sp³-hybridized carbons (Fsp3) is 0.0769. The zero-order valence-electron chi connectivity index (χ0n) is 9.27. The van der Waals surface area contributed by atoms with Crippen molar-refractivity contribution in [1.29, 1.82) is 0 Å². The van der Waals surface area contributed by atoms with Crippen molar-refractivity contribution in [2.24, 2.45) is 0 Å². The Hall–Kier alpha value is -1.32. The second-order valence-electron chi connectivity index (χ2n) is 3.14.